The van der Waals surface area contributed by atoms with Crippen LogP contribution >= 0.6 is 11.3 Å². The molecule has 6 nitrogen and oxygen atoms in total. The summed E-state index contributed by atoms with van der Waals surface area (Å²) < 4.78 is 0. The number of carbonyl (C=O) groups is 1. The number of hydrogen-bond donors (Lipinski definition) is 2. The molecule has 0 bridgehead atoms. The Morgan fingerprint density at radius 1 is 1.42 bits per heavy atom. The van der Waals surface area contributed by atoms with Gasteiger partial charge in [-0.05, 0) is 12.8 Å². The van der Waals surface area contributed by atoms with Crippen molar-refractivity contribution in [3.8, 4) is 0 Å². The van der Waals surface area contributed by atoms with Crippen molar-refractivity contribution in [2.24, 2.45) is 0 Å². The van der Waals surface area contributed by atoms with Gasteiger partial charge < -0.3 is 11.1 Å². The van der Waals surface area contributed by atoms with Gasteiger partial charge in [-0.25, -0.2) is 15.0 Å². The minimum atomic E-state index is -0.200. The maximum Gasteiger partial charge on any atom is 0.254 e. The Morgan fingerprint density at radius 3 is 2.74 bits per heavy atom. The number of nitrogens with one attached hydrogen (secondary N) is 1. The van der Waals surface area contributed by atoms with Gasteiger partial charge in [0.15, 0.2) is 5.13 Å². The minimum absolute atomic E-state index is 0.200. The van der Waals surface area contributed by atoms with Crippen molar-refractivity contribution in [1.29, 1.82) is 0 Å². The van der Waals surface area contributed by atoms with Crippen LogP contribution in [-0.2, 0) is 6.54 Å². The van der Waals surface area contributed by atoms with E-state index in [4.69, 9.17) is 5.73 Å². The van der Waals surface area contributed by atoms with Gasteiger partial charge in [-0.3, -0.25) is 4.79 Å². The fourth-order valence-corrected chi connectivity index (χ4v) is 2.25. The van der Waals surface area contributed by atoms with E-state index in [9.17, 15) is 4.79 Å². The molecule has 0 aromatic carbocycles. The molecule has 1 aliphatic rings. The van der Waals surface area contributed by atoms with Crippen LogP contribution in [0.3, 0.4) is 0 Å². The highest BCUT2D eigenvalue weighted by Crippen LogP contribution is 2.37. The molecule has 1 saturated carbocycles. The van der Waals surface area contributed by atoms with Crippen LogP contribution in [0.15, 0.2) is 17.8 Å². The maximum atomic E-state index is 11.9. The van der Waals surface area contributed by atoms with Crippen LogP contribution in [0.5, 0.6) is 0 Å². The van der Waals surface area contributed by atoms with Crippen LogP contribution in [0.2, 0.25) is 0 Å². The maximum absolute atomic E-state index is 11.9. The van der Waals surface area contributed by atoms with E-state index < -0.39 is 0 Å². The largest absolute Gasteiger partial charge is 0.375 e. The lowest BCUT2D eigenvalue weighted by molar-refractivity contribution is 0.0949. The fourth-order valence-electron chi connectivity index (χ4n) is 1.68. The first kappa shape index (κ1) is 12.0. The van der Waals surface area contributed by atoms with Crippen molar-refractivity contribution in [3.63, 3.8) is 0 Å². The van der Waals surface area contributed by atoms with Crippen molar-refractivity contribution < 1.29 is 4.79 Å². The van der Waals surface area contributed by atoms with Gasteiger partial charge in [0, 0.05) is 23.7 Å². The van der Waals surface area contributed by atoms with Gasteiger partial charge in [0.25, 0.3) is 5.91 Å². The van der Waals surface area contributed by atoms with Gasteiger partial charge in [-0.15, -0.1) is 11.3 Å². The Kier molecular flexibility index (Phi) is 3.12. The summed E-state index contributed by atoms with van der Waals surface area (Å²) in [6.07, 6.45) is 5.45. The van der Waals surface area contributed by atoms with Crippen LogP contribution in [0.4, 0.5) is 5.13 Å². The van der Waals surface area contributed by atoms with Crippen LogP contribution in [0.25, 0.3) is 0 Å². The number of nitrogens with zero attached hydrogens (tertiary/aromatic N) is 3. The SMILES string of the molecule is Nc1nc(CNC(=O)c2cnc(C3CC3)nc2)cs1. The van der Waals surface area contributed by atoms with Crippen LogP contribution in [0.1, 0.15) is 40.6 Å². The molecule has 1 fully saturated rings. The van der Waals surface area contributed by atoms with Crippen LogP contribution < -0.4 is 11.1 Å². The Bertz CT molecular complexity index is 590. The minimum Gasteiger partial charge on any atom is -0.375 e. The monoisotopic (exact) mass is 275 g/mol. The zero-order valence-corrected chi connectivity index (χ0v) is 11.0. The summed E-state index contributed by atoms with van der Waals surface area (Å²) in [4.78, 5) is 24.4. The molecular formula is C12H13N5OS. The van der Waals surface area contributed by atoms with E-state index in [0.717, 1.165) is 24.4 Å². The van der Waals surface area contributed by atoms with E-state index in [-0.39, 0.29) is 5.91 Å². The van der Waals surface area contributed by atoms with Gasteiger partial charge >= 0.3 is 0 Å². The Morgan fingerprint density at radius 2 is 2.16 bits per heavy atom. The third-order valence-corrected chi connectivity index (χ3v) is 3.60. The molecule has 2 aromatic heterocycles. The van der Waals surface area contributed by atoms with Gasteiger partial charge in [0.1, 0.15) is 5.82 Å². The second-order valence-corrected chi connectivity index (χ2v) is 5.35. The second kappa shape index (κ2) is 4.93. The summed E-state index contributed by atoms with van der Waals surface area (Å²) in [5.41, 5.74) is 6.74. The lowest BCUT2D eigenvalue weighted by atomic mass is 10.3. The normalized spacial score (nSPS) is 14.3. The first-order chi connectivity index (χ1) is 9.22. The third kappa shape index (κ3) is 2.87. The number of thiazole rings is 1. The predicted octanol–water partition coefficient (Wildman–Crippen LogP) is 1.32. The molecule has 1 aliphatic carbocycles. The molecular weight excluding hydrogens is 262 g/mol. The van der Waals surface area contributed by atoms with Crippen molar-refractivity contribution in [1.82, 2.24) is 20.3 Å². The molecule has 2 heterocycles. The van der Waals surface area contributed by atoms with E-state index in [2.05, 4.69) is 20.3 Å². The summed E-state index contributed by atoms with van der Waals surface area (Å²) in [5, 5.41) is 5.09. The van der Waals surface area contributed by atoms with E-state index in [1.807, 2.05) is 5.38 Å². The zero-order chi connectivity index (χ0) is 13.2. The molecule has 0 radical (unpaired) electrons. The number of rotatable bonds is 4. The summed E-state index contributed by atoms with van der Waals surface area (Å²) in [5.74, 6) is 1.13. The molecule has 0 atom stereocenters. The summed E-state index contributed by atoms with van der Waals surface area (Å²) in [6.45, 7) is 0.358. The van der Waals surface area contributed by atoms with Crippen molar-refractivity contribution in [2.75, 3.05) is 5.73 Å². The molecule has 0 unspecified atom stereocenters. The zero-order valence-electron chi connectivity index (χ0n) is 10.2. The fraction of sp³-hybridized carbons (Fsp3) is 0.333. The average Bonchev–Trinajstić information content (AvgIpc) is 3.19. The number of carbonyl (C=O) groups excluding carboxylic acids is 1. The number of anilines is 1. The average molecular weight is 275 g/mol. The highest BCUT2D eigenvalue weighted by Gasteiger charge is 2.26. The highest BCUT2D eigenvalue weighted by atomic mass is 32.1. The predicted molar refractivity (Wildman–Crippen MR) is 71.7 cm³/mol. The van der Waals surface area contributed by atoms with Gasteiger partial charge in [-0.1, -0.05) is 0 Å². The van der Waals surface area contributed by atoms with Crippen molar-refractivity contribution in [3.05, 3.63) is 34.9 Å². The Labute approximate surface area is 114 Å². The Balaban J connectivity index is 1.60. The molecule has 3 N–H and O–H groups in total. The molecule has 1 amide bonds. The molecule has 2 aromatic rings. The van der Waals surface area contributed by atoms with Gasteiger partial charge in [0.05, 0.1) is 17.8 Å². The first-order valence-electron chi connectivity index (χ1n) is 6.02. The number of amides is 1. The number of nitrogen functional groups attached to an aromatic ring is 1. The van der Waals surface area contributed by atoms with E-state index in [0.29, 0.717) is 23.2 Å². The summed E-state index contributed by atoms with van der Waals surface area (Å²) in [6, 6.07) is 0. The molecule has 0 spiro atoms. The highest BCUT2D eigenvalue weighted by molar-refractivity contribution is 7.13. The van der Waals surface area contributed by atoms with Crippen molar-refractivity contribution in [2.45, 2.75) is 25.3 Å². The standard InChI is InChI=1S/C12H13N5OS/c13-12-17-9(6-19-12)5-16-11(18)8-3-14-10(15-4-8)7-1-2-7/h3-4,6-7H,1-2,5H2,(H2,13,17)(H,16,18). The van der Waals surface area contributed by atoms with Crippen molar-refractivity contribution >= 4 is 22.4 Å². The van der Waals surface area contributed by atoms with E-state index >= 15 is 0 Å². The molecule has 3 rings (SSSR count). The second-order valence-electron chi connectivity index (χ2n) is 4.46. The van der Waals surface area contributed by atoms with Gasteiger partial charge in [-0.2, -0.15) is 0 Å². The van der Waals surface area contributed by atoms with Crippen LogP contribution in [-0.4, -0.2) is 20.9 Å². The first-order valence-corrected chi connectivity index (χ1v) is 6.90. The third-order valence-electron chi connectivity index (χ3n) is 2.88. The number of hydrogen-bond acceptors (Lipinski definition) is 6. The lowest BCUT2D eigenvalue weighted by Crippen LogP contribution is -2.23. The molecule has 7 heteroatoms. The molecule has 0 saturated heterocycles. The number of aromatic nitrogens is 3. The number of nitrogens with two attached hydrogens (primary N) is 1. The van der Waals surface area contributed by atoms with Crippen LogP contribution in [0, 0.1) is 0 Å². The summed E-state index contributed by atoms with van der Waals surface area (Å²) in [7, 11) is 0. The van der Waals surface area contributed by atoms with E-state index in [1.54, 1.807) is 12.4 Å². The lowest BCUT2D eigenvalue weighted by Gasteiger charge is -2.03. The molecule has 19 heavy (non-hydrogen) atoms. The molecule has 0 aliphatic heterocycles. The Hall–Kier alpha value is -2.02. The van der Waals surface area contributed by atoms with E-state index in [1.165, 1.54) is 11.3 Å². The molecule has 98 valence electrons. The van der Waals surface area contributed by atoms with Gasteiger partial charge in [0.2, 0.25) is 0 Å². The summed E-state index contributed by atoms with van der Waals surface area (Å²) >= 11 is 1.35. The smallest absolute Gasteiger partial charge is 0.254 e. The topological polar surface area (TPSA) is 93.8 Å². The quantitative estimate of drug-likeness (QED) is 0.877.